The standard InChI is InChI=1S/C18H20Cl2N6O2.C11H14ClN5O2.C8H5BrCl2O2.C8H6Cl2O2.C7H5Cl2NO.C7H7Cl2N.Al.Li.H3N.H2O.4H/c19-13-2-1-12(9-14(13)20)10-21-18-23-16-15(17(27)24-18)26(11-22-16)4-3-25-5-7-28-8-6-25;12-11-14-9-8(10(18)15-11)17(7-13-9)2-1-16-3-5-19-6-4-16;1-13-8(12)4-2-5(9)7(11)6(10)3-4;1-12-8(11)5-2-3-6(9)7(10)4-5;8-5-2-1-4(7(10)11)3-6(5)9;8-6-2-1-5(4-10)3-7(6)9;;;;;;;;/h1-2,9,11H,3-8,10H2,(H2,21,23,24,27);7H,1-6H2,(H,14,15,18);2-3H,1H3;2-4H,1H3;1-3H,(H2,10,11);1-3H,4,10H2;;;1H3;1H2;;;;/q;;;;;;;+1;;;;;;-1/i2D;;;3D;2*2D;;;;;;;;. The number of aromatic nitrogens is 8. The van der Waals surface area contributed by atoms with Crippen LogP contribution >= 0.6 is 144 Å². The molecule has 6 heterocycles. The maximum Gasteiger partial charge on any atom is 1.00 e. The summed E-state index contributed by atoms with van der Waals surface area (Å²) in [7, 11) is 2.56. The summed E-state index contributed by atoms with van der Waals surface area (Å²) in [5.41, 5.74) is 13.9. The Morgan fingerprint density at radius 3 is 1.47 bits per heavy atom. The summed E-state index contributed by atoms with van der Waals surface area (Å²) in [6.07, 6.45) is 3.27. The normalized spacial score (nSPS) is 12.9. The van der Waals surface area contributed by atoms with Gasteiger partial charge < -0.3 is 57.9 Å². The first-order valence-electron chi connectivity index (χ1n) is 29.1. The number of anilines is 1. The van der Waals surface area contributed by atoms with Crippen molar-refractivity contribution in [2.24, 2.45) is 11.5 Å². The fraction of sp³-hybridized carbons (Fsp3) is 0.271. The maximum atomic E-state index is 12.6. The smallest absolute Gasteiger partial charge is 1.00 e. The molecule has 2 fully saturated rings. The number of aromatic amines is 2. The molecule has 520 valence electrons. The van der Waals surface area contributed by atoms with Crippen molar-refractivity contribution in [3.05, 3.63) is 206 Å². The number of primary amides is 1. The summed E-state index contributed by atoms with van der Waals surface area (Å²) in [6, 6.07) is 15.2. The van der Waals surface area contributed by atoms with Gasteiger partial charge in [0.25, 0.3) is 11.1 Å². The van der Waals surface area contributed by atoms with Crippen LogP contribution in [0, 0.1) is 0 Å². The number of H-pyrrole nitrogens is 2. The second kappa shape index (κ2) is 44.7. The first kappa shape index (κ1) is 81.5. The van der Waals surface area contributed by atoms with Crippen molar-refractivity contribution in [1.29, 1.82) is 0 Å². The molecule has 12 N–H and O–H groups in total. The van der Waals surface area contributed by atoms with Crippen molar-refractivity contribution in [1.82, 2.24) is 55.0 Å². The van der Waals surface area contributed by atoms with Gasteiger partial charge in [0, 0.05) is 75.5 Å². The topological polar surface area (TPSA) is 352 Å². The molecular weight excluding hydrogens is 1570 g/mol. The summed E-state index contributed by atoms with van der Waals surface area (Å²) in [6.45, 7) is 10.4. The van der Waals surface area contributed by atoms with Gasteiger partial charge in [0.2, 0.25) is 17.1 Å². The average molecular weight is 1640 g/mol. The van der Waals surface area contributed by atoms with Crippen molar-refractivity contribution < 1.29 is 64.6 Å². The van der Waals surface area contributed by atoms with Gasteiger partial charge in [-0.15, -0.1) is 0 Å². The number of ether oxygens (including phenoxy) is 4. The van der Waals surface area contributed by atoms with Gasteiger partial charge in [-0.25, -0.2) is 19.6 Å². The number of rotatable bonds is 13. The van der Waals surface area contributed by atoms with Gasteiger partial charge in [-0.05, 0) is 111 Å². The molecule has 0 atom stereocenters. The molecule has 0 bridgehead atoms. The first-order valence-corrected chi connectivity index (χ1v) is 32.0. The second-order valence-electron chi connectivity index (χ2n) is 19.0. The number of morpholine rings is 2. The van der Waals surface area contributed by atoms with Crippen molar-refractivity contribution in [3.8, 4) is 0 Å². The molecule has 0 saturated carbocycles. The molecule has 38 heteroatoms. The predicted molar refractivity (Wildman–Crippen MR) is 392 cm³/mol. The number of esters is 2. The van der Waals surface area contributed by atoms with Crippen molar-refractivity contribution >= 4 is 207 Å². The van der Waals surface area contributed by atoms with Gasteiger partial charge in [-0.1, -0.05) is 128 Å². The molecule has 97 heavy (non-hydrogen) atoms. The molecule has 9 aromatic rings. The van der Waals surface area contributed by atoms with Crippen LogP contribution in [-0.2, 0) is 45.1 Å². The Bertz CT molecular complexity index is 4240. The van der Waals surface area contributed by atoms with Crippen LogP contribution in [0.2, 0.25) is 55.5 Å². The van der Waals surface area contributed by atoms with Crippen LogP contribution in [0.3, 0.4) is 0 Å². The zero-order valence-electron chi connectivity index (χ0n) is 56.0. The number of fused-ring (bicyclic) bond motifs is 2. The van der Waals surface area contributed by atoms with Crippen LogP contribution in [0.5, 0.6) is 0 Å². The number of methoxy groups -OCH3 is 2. The van der Waals surface area contributed by atoms with Crippen LogP contribution in [0.15, 0.2) is 112 Å². The first-order chi connectivity index (χ1) is 46.0. The van der Waals surface area contributed by atoms with Gasteiger partial charge in [0.1, 0.15) is 0 Å². The summed E-state index contributed by atoms with van der Waals surface area (Å²) in [5.74, 6) is -1.30. The van der Waals surface area contributed by atoms with Crippen LogP contribution in [0.25, 0.3) is 22.3 Å². The van der Waals surface area contributed by atoms with Gasteiger partial charge in [-0.3, -0.25) is 34.2 Å². The van der Waals surface area contributed by atoms with Crippen molar-refractivity contribution in [3.63, 3.8) is 0 Å². The van der Waals surface area contributed by atoms with Gasteiger partial charge in [0.15, 0.2) is 39.7 Å². The SMILES string of the molecule is COC(=O)c1cc(Cl)c(Cl)c(Br)c1.N.O.O=c1[nH]c(Cl)nc2ncn(CCN3CCOCC3)c12.[2H]c1cc(C(=O)OC)cc(Cl)c1Cl.[2H]c1cc(C(N)=O)cc(Cl)c1Cl.[2H]c1cc(CN)cc(Cl)c1Cl.[2H]c1cc(CNc2nc3ncn(CCN4CCOCC4)c3c(=O)[nH]2)cc(Cl)c1Cl.[AlH3].[H-].[Li+]. The van der Waals surface area contributed by atoms with Crippen molar-refractivity contribution in [2.75, 3.05) is 85.2 Å². The second-order valence-corrected chi connectivity index (χ2v) is 24.1. The number of nitrogens with zero attached hydrogens (tertiary/aromatic N) is 8. The number of benzene rings is 5. The van der Waals surface area contributed by atoms with Gasteiger partial charge in [-0.2, -0.15) is 9.97 Å². The minimum Gasteiger partial charge on any atom is -1.00 e. The zero-order valence-corrected chi connectivity index (χ0v) is 60.9. The molecule has 2 saturated heterocycles. The minimum atomic E-state index is -0.623. The fourth-order valence-corrected chi connectivity index (χ4v) is 10.2. The van der Waals surface area contributed by atoms with E-state index in [1.807, 2.05) is 9.13 Å². The summed E-state index contributed by atoms with van der Waals surface area (Å²) in [5, 5.41) is 5.60. The molecule has 5 aromatic carbocycles. The predicted octanol–water partition coefficient (Wildman–Crippen LogP) is 8.61. The van der Waals surface area contributed by atoms with E-state index in [1.165, 1.54) is 44.6 Å². The quantitative estimate of drug-likeness (QED) is 0.0272. The van der Waals surface area contributed by atoms with Crippen molar-refractivity contribution in [2.45, 2.75) is 26.2 Å². The Hall–Kier alpha value is -4.47. The van der Waals surface area contributed by atoms with E-state index < -0.39 is 17.8 Å². The van der Waals surface area contributed by atoms with E-state index in [0.29, 0.717) is 84.6 Å². The van der Waals surface area contributed by atoms with E-state index in [4.69, 9.17) is 154 Å². The Kier molecular flexibility index (Phi) is 37.6. The van der Waals surface area contributed by atoms with E-state index in [0.717, 1.165) is 76.8 Å². The molecule has 4 aromatic heterocycles. The van der Waals surface area contributed by atoms with E-state index in [9.17, 15) is 24.0 Å². The van der Waals surface area contributed by atoms with Crippen LogP contribution in [0.1, 0.15) is 49.1 Å². The summed E-state index contributed by atoms with van der Waals surface area (Å²) in [4.78, 5) is 83.8. The van der Waals surface area contributed by atoms with E-state index in [1.54, 1.807) is 43.0 Å². The minimum absolute atomic E-state index is 0. The number of amides is 1. The van der Waals surface area contributed by atoms with E-state index in [-0.39, 0.29) is 131 Å². The fourth-order valence-electron chi connectivity index (χ4n) is 7.98. The Labute approximate surface area is 649 Å². The molecular formula is C59H66AlBrCl11LiN14O10. The third-order valence-electron chi connectivity index (χ3n) is 12.8. The number of hydrogen-bond donors (Lipinski definition) is 6. The molecule has 24 nitrogen and oxygen atoms in total. The van der Waals surface area contributed by atoms with E-state index in [2.05, 4.69) is 70.4 Å². The monoisotopic (exact) mass is 1630 g/mol. The van der Waals surface area contributed by atoms with Crippen LogP contribution < -0.4 is 52.9 Å². The number of halogens is 12. The van der Waals surface area contributed by atoms with Crippen LogP contribution in [-0.4, -0.2) is 169 Å². The molecule has 2 aliphatic heterocycles. The van der Waals surface area contributed by atoms with E-state index >= 15 is 0 Å². The molecule has 0 spiro atoms. The van der Waals surface area contributed by atoms with Crippen LogP contribution in [0.4, 0.5) is 5.95 Å². The largest absolute Gasteiger partial charge is 1.00 e. The molecule has 0 radical (unpaired) electrons. The third kappa shape index (κ3) is 27.8. The number of carbonyl (C=O) groups excluding carboxylic acids is 3. The number of nitrogens with two attached hydrogens (primary N) is 2. The molecule has 1 amide bonds. The Balaban J connectivity index is 0.000000631. The number of nitrogens with one attached hydrogen (secondary N) is 3. The summed E-state index contributed by atoms with van der Waals surface area (Å²) >= 11 is 66.1. The molecule has 0 unspecified atom stereocenters. The third-order valence-corrected chi connectivity index (χ3v) is 17.4. The number of hydrogen-bond acceptors (Lipinski definition) is 18. The molecule has 11 rings (SSSR count). The van der Waals surface area contributed by atoms with Gasteiger partial charge in [0.05, 0.1) is 120 Å². The maximum absolute atomic E-state index is 12.6. The Morgan fingerprint density at radius 1 is 0.608 bits per heavy atom. The number of carbonyl (C=O) groups is 3. The zero-order chi connectivity index (χ0) is 71.4. The number of imidazole rings is 2. The summed E-state index contributed by atoms with van der Waals surface area (Å²) < 4.78 is 53.6. The average Bonchev–Trinajstić information content (AvgIpc) is 1.64. The molecule has 0 aliphatic carbocycles. The molecule has 2 aliphatic rings. The Morgan fingerprint density at radius 2 is 1.02 bits per heavy atom. The van der Waals surface area contributed by atoms with Gasteiger partial charge >= 0.3 is 30.8 Å².